The maximum atomic E-state index is 6.21. The highest BCUT2D eigenvalue weighted by Crippen LogP contribution is 2.34. The molecule has 2 aliphatic heterocycles. The van der Waals surface area contributed by atoms with Gasteiger partial charge in [0.1, 0.15) is 12.4 Å². The molecule has 1 aromatic rings. The van der Waals surface area contributed by atoms with Gasteiger partial charge in [0.15, 0.2) is 0 Å². The van der Waals surface area contributed by atoms with E-state index in [0.717, 1.165) is 25.3 Å². The van der Waals surface area contributed by atoms with E-state index in [0.29, 0.717) is 0 Å². The fourth-order valence-corrected chi connectivity index (χ4v) is 3.33. The van der Waals surface area contributed by atoms with Gasteiger partial charge in [0.2, 0.25) is 0 Å². The number of likely N-dealkylation sites (tertiary alicyclic amines) is 1. The van der Waals surface area contributed by atoms with E-state index >= 15 is 0 Å². The van der Waals surface area contributed by atoms with Crippen molar-refractivity contribution in [2.45, 2.75) is 44.6 Å². The van der Waals surface area contributed by atoms with Gasteiger partial charge in [-0.2, -0.15) is 0 Å². The van der Waals surface area contributed by atoms with Crippen molar-refractivity contribution in [3.63, 3.8) is 0 Å². The minimum atomic E-state index is 0.176. The monoisotopic (exact) mass is 274 g/mol. The number of anilines is 1. The Morgan fingerprint density at radius 1 is 1.30 bits per heavy atom. The van der Waals surface area contributed by atoms with Gasteiger partial charge in [-0.1, -0.05) is 18.6 Å². The molecule has 3 rings (SSSR count). The summed E-state index contributed by atoms with van der Waals surface area (Å²) in [6.07, 6.45) is 6.24. The third-order valence-corrected chi connectivity index (χ3v) is 4.96. The van der Waals surface area contributed by atoms with Crippen molar-refractivity contribution in [1.82, 2.24) is 4.90 Å². The van der Waals surface area contributed by atoms with E-state index in [4.69, 9.17) is 4.74 Å². The first kappa shape index (κ1) is 13.7. The van der Waals surface area contributed by atoms with Crippen LogP contribution in [0.2, 0.25) is 0 Å². The molecule has 2 aliphatic rings. The van der Waals surface area contributed by atoms with Gasteiger partial charge < -0.3 is 10.1 Å². The van der Waals surface area contributed by atoms with Crippen LogP contribution in [0.15, 0.2) is 18.2 Å². The number of fused-ring (bicyclic) bond motifs is 1. The normalized spacial score (nSPS) is 26.7. The van der Waals surface area contributed by atoms with Crippen molar-refractivity contribution < 1.29 is 4.74 Å². The molecule has 1 atom stereocenters. The molecule has 1 N–H and O–H groups in total. The molecule has 1 aromatic carbocycles. The van der Waals surface area contributed by atoms with Crippen LogP contribution in [0.25, 0.3) is 0 Å². The van der Waals surface area contributed by atoms with E-state index in [2.05, 4.69) is 42.4 Å². The van der Waals surface area contributed by atoms with Gasteiger partial charge in [-0.05, 0) is 57.8 Å². The molecule has 1 unspecified atom stereocenters. The van der Waals surface area contributed by atoms with Gasteiger partial charge in [-0.3, -0.25) is 4.90 Å². The van der Waals surface area contributed by atoms with Crippen molar-refractivity contribution in [1.29, 1.82) is 0 Å². The highest BCUT2D eigenvalue weighted by atomic mass is 16.5. The smallest absolute Gasteiger partial charge is 0.142 e. The minimum absolute atomic E-state index is 0.176. The lowest BCUT2D eigenvalue weighted by Crippen LogP contribution is -2.51. The average molecular weight is 274 g/mol. The van der Waals surface area contributed by atoms with Gasteiger partial charge in [0, 0.05) is 6.54 Å². The molecule has 0 aliphatic carbocycles. The summed E-state index contributed by atoms with van der Waals surface area (Å²) in [6.45, 7) is 5.35. The van der Waals surface area contributed by atoms with Crippen molar-refractivity contribution >= 4 is 5.69 Å². The van der Waals surface area contributed by atoms with Crippen LogP contribution >= 0.6 is 0 Å². The molecule has 0 spiro atoms. The number of para-hydroxylation sites is 1. The summed E-state index contributed by atoms with van der Waals surface area (Å²) in [5, 5.41) is 3.50. The number of ether oxygens (including phenoxy) is 1. The maximum Gasteiger partial charge on any atom is 0.142 e. The Kier molecular flexibility index (Phi) is 3.88. The molecule has 0 bridgehead atoms. The summed E-state index contributed by atoms with van der Waals surface area (Å²) >= 11 is 0. The molecule has 3 nitrogen and oxygen atoms in total. The van der Waals surface area contributed by atoms with E-state index in [-0.39, 0.29) is 5.54 Å². The number of rotatable bonds is 3. The van der Waals surface area contributed by atoms with Crippen molar-refractivity contribution in [2.75, 3.05) is 32.1 Å². The summed E-state index contributed by atoms with van der Waals surface area (Å²) in [5.74, 6) is 1.03. The van der Waals surface area contributed by atoms with Gasteiger partial charge in [-0.25, -0.2) is 0 Å². The minimum Gasteiger partial charge on any atom is -0.489 e. The molecule has 0 radical (unpaired) electrons. The van der Waals surface area contributed by atoms with Crippen molar-refractivity contribution in [3.05, 3.63) is 23.8 Å². The SMILES string of the molecule is CN1CCCCC1(C)COc1cccc2c1NCCC2. The summed E-state index contributed by atoms with van der Waals surface area (Å²) in [6, 6.07) is 6.43. The summed E-state index contributed by atoms with van der Waals surface area (Å²) in [7, 11) is 2.22. The topological polar surface area (TPSA) is 24.5 Å². The molecule has 1 saturated heterocycles. The van der Waals surface area contributed by atoms with E-state index in [1.807, 2.05) is 0 Å². The molecule has 3 heteroatoms. The standard InChI is InChI=1S/C17H26N2O/c1-17(10-3-4-12-19(17)2)13-20-15-9-5-7-14-8-6-11-18-16(14)15/h5,7,9,18H,3-4,6,8,10-13H2,1-2H3. The molecule has 0 saturated carbocycles. The van der Waals surface area contributed by atoms with Crippen LogP contribution in [-0.4, -0.2) is 37.2 Å². The lowest BCUT2D eigenvalue weighted by molar-refractivity contribution is 0.0423. The fourth-order valence-electron chi connectivity index (χ4n) is 3.33. The van der Waals surface area contributed by atoms with Crippen LogP contribution in [0.5, 0.6) is 5.75 Å². The molecular formula is C17H26N2O. The third kappa shape index (κ3) is 2.64. The lowest BCUT2D eigenvalue weighted by Gasteiger charge is -2.42. The Morgan fingerprint density at radius 2 is 2.20 bits per heavy atom. The summed E-state index contributed by atoms with van der Waals surface area (Å²) < 4.78 is 6.21. The molecule has 2 heterocycles. The summed E-state index contributed by atoms with van der Waals surface area (Å²) in [4.78, 5) is 2.46. The Labute approximate surface area is 122 Å². The molecule has 20 heavy (non-hydrogen) atoms. The number of nitrogens with one attached hydrogen (secondary N) is 1. The zero-order valence-electron chi connectivity index (χ0n) is 12.7. The Hall–Kier alpha value is -1.22. The van der Waals surface area contributed by atoms with Crippen LogP contribution < -0.4 is 10.1 Å². The number of hydrogen-bond donors (Lipinski definition) is 1. The van der Waals surface area contributed by atoms with Crippen molar-refractivity contribution in [2.24, 2.45) is 0 Å². The second kappa shape index (κ2) is 5.65. The number of nitrogens with zero attached hydrogens (tertiary/aromatic N) is 1. The first-order valence-electron chi connectivity index (χ1n) is 7.89. The predicted octanol–water partition coefficient (Wildman–Crippen LogP) is 3.30. The molecule has 0 amide bonds. The largest absolute Gasteiger partial charge is 0.489 e. The molecule has 110 valence electrons. The van der Waals surface area contributed by atoms with Gasteiger partial charge in [0.25, 0.3) is 0 Å². The van der Waals surface area contributed by atoms with Crippen LogP contribution in [-0.2, 0) is 6.42 Å². The quantitative estimate of drug-likeness (QED) is 0.915. The molecule has 1 fully saturated rings. The number of piperidine rings is 1. The third-order valence-electron chi connectivity index (χ3n) is 4.96. The number of likely N-dealkylation sites (N-methyl/N-ethyl adjacent to an activating group) is 1. The Bertz CT molecular complexity index is 474. The van der Waals surface area contributed by atoms with E-state index in [9.17, 15) is 0 Å². The lowest BCUT2D eigenvalue weighted by atomic mass is 9.90. The second-order valence-electron chi connectivity index (χ2n) is 6.48. The molecule has 0 aromatic heterocycles. The van der Waals surface area contributed by atoms with Crippen LogP contribution in [0.4, 0.5) is 5.69 Å². The average Bonchev–Trinajstić information content (AvgIpc) is 2.48. The molecular weight excluding hydrogens is 248 g/mol. The zero-order valence-corrected chi connectivity index (χ0v) is 12.7. The second-order valence-corrected chi connectivity index (χ2v) is 6.48. The Morgan fingerprint density at radius 3 is 3.05 bits per heavy atom. The first-order valence-corrected chi connectivity index (χ1v) is 7.89. The van der Waals surface area contributed by atoms with E-state index < -0.39 is 0 Å². The van der Waals surface area contributed by atoms with Gasteiger partial charge in [0.05, 0.1) is 11.2 Å². The van der Waals surface area contributed by atoms with Crippen molar-refractivity contribution in [3.8, 4) is 5.75 Å². The number of benzene rings is 1. The highest BCUT2D eigenvalue weighted by molar-refractivity contribution is 5.63. The number of aryl methyl sites for hydroxylation is 1. The van der Waals surface area contributed by atoms with Crippen LogP contribution in [0.1, 0.15) is 38.2 Å². The summed E-state index contributed by atoms with van der Waals surface area (Å²) in [5.41, 5.74) is 2.80. The fraction of sp³-hybridized carbons (Fsp3) is 0.647. The van der Waals surface area contributed by atoms with Gasteiger partial charge >= 0.3 is 0 Å². The van der Waals surface area contributed by atoms with E-state index in [1.54, 1.807) is 0 Å². The van der Waals surface area contributed by atoms with Crippen LogP contribution in [0, 0.1) is 0 Å². The number of hydrogen-bond acceptors (Lipinski definition) is 3. The Balaban J connectivity index is 1.72. The van der Waals surface area contributed by atoms with Crippen LogP contribution in [0.3, 0.4) is 0 Å². The predicted molar refractivity (Wildman–Crippen MR) is 83.6 cm³/mol. The first-order chi connectivity index (χ1) is 9.69. The highest BCUT2D eigenvalue weighted by Gasteiger charge is 2.32. The zero-order chi connectivity index (χ0) is 14.0. The van der Waals surface area contributed by atoms with Gasteiger partial charge in [-0.15, -0.1) is 0 Å². The van der Waals surface area contributed by atoms with E-state index in [1.165, 1.54) is 43.5 Å². The maximum absolute atomic E-state index is 6.21.